The Morgan fingerprint density at radius 2 is 1.43 bits per heavy atom. The van der Waals surface area contributed by atoms with Crippen LogP contribution in [0.3, 0.4) is 0 Å². The number of hydrogen-bond acceptors (Lipinski definition) is 9. The number of rotatable bonds is 15. The van der Waals surface area contributed by atoms with Crippen molar-refractivity contribution in [3.63, 3.8) is 0 Å². The van der Waals surface area contributed by atoms with Gasteiger partial charge in [0.25, 0.3) is 0 Å². The van der Waals surface area contributed by atoms with E-state index in [1.54, 1.807) is 0 Å². The van der Waals surface area contributed by atoms with Crippen molar-refractivity contribution < 1.29 is 49.2 Å². The second-order valence-electron chi connectivity index (χ2n) is 8.27. The number of aromatic hydroxyl groups is 1. The number of phenolic OH excluding ortho intramolecular Hbond substituents is 1. The van der Waals surface area contributed by atoms with Gasteiger partial charge in [-0.15, -0.1) is 0 Å². The second kappa shape index (κ2) is 14.4. The van der Waals surface area contributed by atoms with E-state index in [9.17, 15) is 44.1 Å². The Hall–Kier alpha value is -4.24. The highest BCUT2D eigenvalue weighted by atomic mass is 16.4. The third-order valence-corrected chi connectivity index (χ3v) is 5.10. The molecule has 0 aliphatic carbocycles. The smallest absolute Gasteiger partial charge is 0.328 e. The molecule has 0 spiro atoms. The number of phenols is 1. The van der Waals surface area contributed by atoms with Gasteiger partial charge in [-0.2, -0.15) is 0 Å². The number of carboxylic acid groups (broad SMARTS) is 2. The Morgan fingerprint density at radius 1 is 0.892 bits per heavy atom. The first kappa shape index (κ1) is 30.8. The van der Waals surface area contributed by atoms with E-state index >= 15 is 0 Å². The number of nitrogens with two attached hydrogens (primary N) is 2. The highest BCUT2D eigenvalue weighted by Crippen LogP contribution is 2.12. The van der Waals surface area contributed by atoms with Crippen molar-refractivity contribution in [1.29, 1.82) is 0 Å². The molecule has 0 saturated carbocycles. The van der Waals surface area contributed by atoms with E-state index in [2.05, 4.69) is 16.0 Å². The lowest BCUT2D eigenvalue weighted by atomic mass is 10.0. The summed E-state index contributed by atoms with van der Waals surface area (Å²) >= 11 is 0. The third-order valence-electron chi connectivity index (χ3n) is 5.10. The first-order chi connectivity index (χ1) is 17.2. The molecular formula is C22H31N5O10. The van der Waals surface area contributed by atoms with E-state index in [4.69, 9.17) is 16.6 Å². The lowest BCUT2D eigenvalue weighted by Gasteiger charge is -2.25. The van der Waals surface area contributed by atoms with Crippen molar-refractivity contribution in [2.45, 2.75) is 62.9 Å². The van der Waals surface area contributed by atoms with Crippen molar-refractivity contribution in [1.82, 2.24) is 16.0 Å². The summed E-state index contributed by atoms with van der Waals surface area (Å²) in [6.45, 7) is 1.14. The first-order valence-corrected chi connectivity index (χ1v) is 11.1. The number of amides is 4. The number of aliphatic carboxylic acids is 2. The first-order valence-electron chi connectivity index (χ1n) is 11.1. The van der Waals surface area contributed by atoms with E-state index in [0.717, 1.165) is 6.92 Å². The average Bonchev–Trinajstić information content (AvgIpc) is 2.80. The minimum absolute atomic E-state index is 0.0719. The molecule has 0 saturated heterocycles. The quantitative estimate of drug-likeness (QED) is 0.111. The van der Waals surface area contributed by atoms with Crippen LogP contribution in [0.5, 0.6) is 5.75 Å². The summed E-state index contributed by atoms with van der Waals surface area (Å²) in [4.78, 5) is 71.8. The number of carbonyl (C=O) groups is 6. The van der Waals surface area contributed by atoms with Crippen LogP contribution in [0.25, 0.3) is 0 Å². The molecule has 0 aliphatic heterocycles. The maximum absolute atomic E-state index is 13.0. The molecule has 0 radical (unpaired) electrons. The SMILES string of the molecule is CC(O)C(NC(=O)C(Cc1ccc(O)cc1)NC(=O)C(CC(N)=O)NC(=O)C(N)CCC(=O)O)C(=O)O. The van der Waals surface area contributed by atoms with Crippen LogP contribution < -0.4 is 27.4 Å². The normalized spacial score (nSPS) is 14.8. The fourth-order valence-electron chi connectivity index (χ4n) is 3.09. The minimum atomic E-state index is -1.71. The van der Waals surface area contributed by atoms with Gasteiger partial charge in [0.1, 0.15) is 17.8 Å². The number of hydrogen-bond donors (Lipinski definition) is 9. The van der Waals surface area contributed by atoms with Gasteiger partial charge in [0, 0.05) is 12.8 Å². The molecule has 11 N–H and O–H groups in total. The minimum Gasteiger partial charge on any atom is -0.508 e. The predicted octanol–water partition coefficient (Wildman–Crippen LogP) is -3.08. The topological polar surface area (TPSA) is 271 Å². The van der Waals surface area contributed by atoms with Crippen LogP contribution in [-0.2, 0) is 35.2 Å². The maximum Gasteiger partial charge on any atom is 0.328 e. The molecule has 0 fully saturated rings. The van der Waals surface area contributed by atoms with Crippen LogP contribution in [-0.4, -0.2) is 86.3 Å². The summed E-state index contributed by atoms with van der Waals surface area (Å²) < 4.78 is 0. The van der Waals surface area contributed by atoms with Crippen LogP contribution in [0.15, 0.2) is 24.3 Å². The number of benzene rings is 1. The third kappa shape index (κ3) is 10.9. The summed E-state index contributed by atoms with van der Waals surface area (Å²) in [6.07, 6.45) is -3.07. The van der Waals surface area contributed by atoms with Gasteiger partial charge in [-0.25, -0.2) is 4.79 Å². The van der Waals surface area contributed by atoms with Crippen molar-refractivity contribution in [2.75, 3.05) is 0 Å². The van der Waals surface area contributed by atoms with Gasteiger partial charge in [-0.05, 0) is 31.0 Å². The average molecular weight is 526 g/mol. The van der Waals surface area contributed by atoms with Crippen molar-refractivity contribution in [2.24, 2.45) is 11.5 Å². The van der Waals surface area contributed by atoms with Crippen molar-refractivity contribution in [3.05, 3.63) is 29.8 Å². The van der Waals surface area contributed by atoms with Crippen molar-refractivity contribution >= 4 is 35.6 Å². The fraction of sp³-hybridized carbons (Fsp3) is 0.455. The molecule has 0 aliphatic rings. The molecule has 37 heavy (non-hydrogen) atoms. The molecule has 15 heteroatoms. The summed E-state index contributed by atoms with van der Waals surface area (Å²) in [5.41, 5.74) is 11.2. The Morgan fingerprint density at radius 3 is 1.92 bits per heavy atom. The maximum atomic E-state index is 13.0. The molecule has 0 bridgehead atoms. The molecule has 4 amide bonds. The summed E-state index contributed by atoms with van der Waals surface area (Å²) in [6, 6.07) is -0.566. The van der Waals surface area contributed by atoms with Gasteiger partial charge in [0.2, 0.25) is 23.6 Å². The zero-order chi connectivity index (χ0) is 28.3. The number of primary amides is 1. The monoisotopic (exact) mass is 525 g/mol. The van der Waals surface area contributed by atoms with Gasteiger partial charge >= 0.3 is 11.9 Å². The molecule has 0 aromatic heterocycles. The van der Waals surface area contributed by atoms with E-state index in [1.165, 1.54) is 24.3 Å². The standard InChI is InChI=1S/C22H31N5O10/c1-10(28)18(22(36)37)27-21(35)14(8-11-2-4-12(29)5-3-11)26-20(34)15(9-16(24)30)25-19(33)13(23)6-7-17(31)32/h2-5,10,13-15,18,28-29H,6-9,23H2,1H3,(H2,24,30)(H,25,33)(H,26,34)(H,27,35)(H,31,32)(H,36,37). The molecule has 5 unspecified atom stereocenters. The molecular weight excluding hydrogens is 494 g/mol. The van der Waals surface area contributed by atoms with Crippen LogP contribution in [0.4, 0.5) is 0 Å². The Balaban J connectivity index is 3.14. The number of aliphatic hydroxyl groups is 1. The summed E-state index contributed by atoms with van der Waals surface area (Å²) in [5.74, 6) is -6.78. The fourth-order valence-corrected chi connectivity index (χ4v) is 3.09. The highest BCUT2D eigenvalue weighted by molar-refractivity contribution is 5.96. The van der Waals surface area contributed by atoms with Gasteiger partial charge in [-0.3, -0.25) is 24.0 Å². The van der Waals surface area contributed by atoms with Crippen molar-refractivity contribution in [3.8, 4) is 5.75 Å². The number of carbonyl (C=O) groups excluding carboxylic acids is 4. The highest BCUT2D eigenvalue weighted by Gasteiger charge is 2.32. The Bertz CT molecular complexity index is 998. The van der Waals surface area contributed by atoms with Gasteiger partial charge in [0.15, 0.2) is 6.04 Å². The van der Waals surface area contributed by atoms with Crippen LogP contribution in [0.2, 0.25) is 0 Å². The zero-order valence-electron chi connectivity index (χ0n) is 19.9. The predicted molar refractivity (Wildman–Crippen MR) is 126 cm³/mol. The van der Waals surface area contributed by atoms with E-state index in [-0.39, 0.29) is 18.6 Å². The number of aliphatic hydroxyl groups excluding tert-OH is 1. The van der Waals surface area contributed by atoms with E-state index in [1.807, 2.05) is 0 Å². The molecule has 5 atom stereocenters. The number of carboxylic acids is 2. The number of nitrogens with one attached hydrogen (secondary N) is 3. The largest absolute Gasteiger partial charge is 0.508 e. The zero-order valence-corrected chi connectivity index (χ0v) is 19.9. The second-order valence-corrected chi connectivity index (χ2v) is 8.27. The molecule has 204 valence electrons. The van der Waals surface area contributed by atoms with Gasteiger partial charge < -0.3 is 47.8 Å². The lowest BCUT2D eigenvalue weighted by Crippen LogP contribution is -2.59. The van der Waals surface area contributed by atoms with Gasteiger partial charge in [-0.1, -0.05) is 12.1 Å². The molecule has 1 aromatic rings. The van der Waals surface area contributed by atoms with E-state index < -0.39 is 78.7 Å². The Kier molecular flexibility index (Phi) is 11.9. The molecule has 1 aromatic carbocycles. The molecule has 1 rings (SSSR count). The molecule has 0 heterocycles. The van der Waals surface area contributed by atoms with Crippen LogP contribution in [0, 0.1) is 0 Å². The van der Waals surface area contributed by atoms with Gasteiger partial charge in [0.05, 0.1) is 18.6 Å². The van der Waals surface area contributed by atoms with Crippen LogP contribution in [0.1, 0.15) is 31.7 Å². The Labute approximate surface area is 211 Å². The summed E-state index contributed by atoms with van der Waals surface area (Å²) in [5, 5.41) is 43.8. The van der Waals surface area contributed by atoms with Crippen LogP contribution >= 0.6 is 0 Å². The molecule has 15 nitrogen and oxygen atoms in total. The lowest BCUT2D eigenvalue weighted by molar-refractivity contribution is -0.145. The van der Waals surface area contributed by atoms with E-state index in [0.29, 0.717) is 5.56 Å². The summed E-state index contributed by atoms with van der Waals surface area (Å²) in [7, 11) is 0.